The first kappa shape index (κ1) is 14.2. The van der Waals surface area contributed by atoms with Gasteiger partial charge in [0.05, 0.1) is 22.6 Å². The lowest BCUT2D eigenvalue weighted by molar-refractivity contribution is 0.306. The van der Waals surface area contributed by atoms with E-state index in [0.717, 1.165) is 53.0 Å². The second kappa shape index (κ2) is 4.82. The Bertz CT molecular complexity index is 950. The van der Waals surface area contributed by atoms with E-state index in [0.29, 0.717) is 0 Å². The molecule has 4 nitrogen and oxygen atoms in total. The first-order valence-electron chi connectivity index (χ1n) is 8.17. The lowest BCUT2D eigenvalue weighted by Crippen LogP contribution is -2.29. The average molecular weight is 307 g/mol. The highest BCUT2D eigenvalue weighted by molar-refractivity contribution is 6.18. The van der Waals surface area contributed by atoms with Gasteiger partial charge in [0.25, 0.3) is 0 Å². The third-order valence-electron chi connectivity index (χ3n) is 4.84. The molecule has 1 aliphatic rings. The zero-order valence-electron chi connectivity index (χ0n) is 13.8. The van der Waals surface area contributed by atoms with Crippen LogP contribution in [0.3, 0.4) is 0 Å². The molecule has 0 aliphatic heterocycles. The summed E-state index contributed by atoms with van der Waals surface area (Å²) in [4.78, 5) is 8.50. The molecule has 0 radical (unpaired) electrons. The van der Waals surface area contributed by atoms with E-state index in [1.165, 1.54) is 10.8 Å². The Morgan fingerprint density at radius 1 is 1.26 bits per heavy atom. The van der Waals surface area contributed by atoms with Crippen molar-refractivity contribution in [3.8, 4) is 0 Å². The van der Waals surface area contributed by atoms with Crippen LogP contribution < -0.4 is 0 Å². The number of nitrogens with zero attached hydrogens (tertiary/aromatic N) is 2. The van der Waals surface area contributed by atoms with Crippen molar-refractivity contribution in [3.63, 3.8) is 0 Å². The summed E-state index contributed by atoms with van der Waals surface area (Å²) in [5.41, 5.74) is 6.13. The molecule has 3 aromatic rings. The predicted molar refractivity (Wildman–Crippen MR) is 93.4 cm³/mol. The Labute approximate surface area is 135 Å². The fourth-order valence-corrected chi connectivity index (χ4v) is 3.89. The minimum Gasteiger partial charge on any atom is -0.411 e. The maximum absolute atomic E-state index is 9.58. The summed E-state index contributed by atoms with van der Waals surface area (Å²) in [5, 5.41) is 15.6. The molecule has 23 heavy (non-hydrogen) atoms. The van der Waals surface area contributed by atoms with Crippen LogP contribution >= 0.6 is 0 Å². The van der Waals surface area contributed by atoms with Crippen molar-refractivity contribution >= 4 is 27.5 Å². The van der Waals surface area contributed by atoms with Crippen molar-refractivity contribution in [1.82, 2.24) is 9.97 Å². The molecule has 4 heteroatoms. The molecule has 4 rings (SSSR count). The van der Waals surface area contributed by atoms with E-state index in [4.69, 9.17) is 4.98 Å². The number of hydrogen-bond acceptors (Lipinski definition) is 3. The van der Waals surface area contributed by atoms with Gasteiger partial charge in [-0.15, -0.1) is 0 Å². The van der Waals surface area contributed by atoms with E-state index < -0.39 is 0 Å². The predicted octanol–water partition coefficient (Wildman–Crippen LogP) is 4.43. The molecule has 1 aliphatic carbocycles. The SMILES string of the molecule is CCc1nc2c(c3[nH]c4ccccc4c13)C(=NO)CC(C)(C)C2. The lowest BCUT2D eigenvalue weighted by atomic mass is 9.74. The van der Waals surface area contributed by atoms with Crippen molar-refractivity contribution < 1.29 is 5.21 Å². The quantitative estimate of drug-likeness (QED) is 0.516. The topological polar surface area (TPSA) is 61.3 Å². The molecule has 118 valence electrons. The third-order valence-corrected chi connectivity index (χ3v) is 4.84. The molecule has 0 unspecified atom stereocenters. The van der Waals surface area contributed by atoms with Gasteiger partial charge in [-0.2, -0.15) is 0 Å². The Kier molecular flexibility index (Phi) is 2.98. The second-order valence-corrected chi connectivity index (χ2v) is 7.22. The number of benzene rings is 1. The largest absolute Gasteiger partial charge is 0.411 e. The van der Waals surface area contributed by atoms with Crippen molar-refractivity contribution in [1.29, 1.82) is 0 Å². The number of para-hydroxylation sites is 1. The molecule has 1 aromatic carbocycles. The van der Waals surface area contributed by atoms with Gasteiger partial charge in [-0.1, -0.05) is 44.1 Å². The van der Waals surface area contributed by atoms with Gasteiger partial charge in [0.2, 0.25) is 0 Å². The molecule has 0 saturated carbocycles. The van der Waals surface area contributed by atoms with Crippen molar-refractivity contribution in [3.05, 3.63) is 41.2 Å². The molecule has 2 aromatic heterocycles. The number of H-pyrrole nitrogens is 1. The van der Waals surface area contributed by atoms with Gasteiger partial charge in [0.15, 0.2) is 0 Å². The van der Waals surface area contributed by atoms with Crippen LogP contribution in [0.15, 0.2) is 29.4 Å². The Morgan fingerprint density at radius 2 is 2.04 bits per heavy atom. The lowest BCUT2D eigenvalue weighted by Gasteiger charge is -2.31. The van der Waals surface area contributed by atoms with Gasteiger partial charge < -0.3 is 10.2 Å². The molecule has 0 saturated heterocycles. The van der Waals surface area contributed by atoms with Crippen LogP contribution in [0.5, 0.6) is 0 Å². The van der Waals surface area contributed by atoms with Gasteiger partial charge in [0, 0.05) is 21.9 Å². The molecule has 0 fully saturated rings. The molecule has 2 N–H and O–H groups in total. The van der Waals surface area contributed by atoms with Gasteiger partial charge >= 0.3 is 0 Å². The summed E-state index contributed by atoms with van der Waals surface area (Å²) < 4.78 is 0. The standard InChI is InChI=1S/C19H21N3O/c1-4-12-16-11-7-5-6-8-13(11)21-18(16)17-14(20-12)9-19(2,3)10-15(17)22-23/h5-8,21,23H,4,9-10H2,1-3H3. The molecular formula is C19H21N3O. The van der Waals surface area contributed by atoms with Gasteiger partial charge in [0.1, 0.15) is 0 Å². The Morgan fingerprint density at radius 3 is 2.78 bits per heavy atom. The van der Waals surface area contributed by atoms with E-state index in [1.54, 1.807) is 0 Å². The van der Waals surface area contributed by atoms with Crippen LogP contribution in [0, 0.1) is 5.41 Å². The fourth-order valence-electron chi connectivity index (χ4n) is 3.89. The van der Waals surface area contributed by atoms with E-state index >= 15 is 0 Å². The maximum atomic E-state index is 9.58. The third kappa shape index (κ3) is 2.05. The number of nitrogens with one attached hydrogen (secondary N) is 1. The Balaban J connectivity index is 2.16. The zero-order chi connectivity index (χ0) is 16.2. The van der Waals surface area contributed by atoms with Gasteiger partial charge in [-0.25, -0.2) is 0 Å². The monoisotopic (exact) mass is 307 g/mol. The summed E-state index contributed by atoms with van der Waals surface area (Å²) in [6.07, 6.45) is 2.55. The number of aromatic amines is 1. The molecular weight excluding hydrogens is 286 g/mol. The highest BCUT2D eigenvalue weighted by Crippen LogP contribution is 2.39. The van der Waals surface area contributed by atoms with Crippen LogP contribution in [-0.4, -0.2) is 20.9 Å². The highest BCUT2D eigenvalue weighted by Gasteiger charge is 2.33. The van der Waals surface area contributed by atoms with Gasteiger partial charge in [-0.05, 0) is 30.7 Å². The molecule has 2 heterocycles. The Hall–Kier alpha value is -2.36. The van der Waals surface area contributed by atoms with E-state index in [9.17, 15) is 5.21 Å². The number of rotatable bonds is 1. The van der Waals surface area contributed by atoms with Crippen LogP contribution in [0.2, 0.25) is 0 Å². The summed E-state index contributed by atoms with van der Waals surface area (Å²) in [7, 11) is 0. The average Bonchev–Trinajstić information content (AvgIpc) is 2.91. The fraction of sp³-hybridized carbons (Fsp3) is 0.368. The summed E-state index contributed by atoms with van der Waals surface area (Å²) in [5.74, 6) is 0. The summed E-state index contributed by atoms with van der Waals surface area (Å²) in [6.45, 7) is 6.54. The maximum Gasteiger partial charge on any atom is 0.0912 e. The number of fused-ring (bicyclic) bond motifs is 5. The molecule has 0 bridgehead atoms. The van der Waals surface area contributed by atoms with E-state index in [2.05, 4.69) is 49.1 Å². The number of hydrogen-bond donors (Lipinski definition) is 2. The number of aromatic nitrogens is 2. The number of pyridine rings is 1. The summed E-state index contributed by atoms with van der Waals surface area (Å²) >= 11 is 0. The smallest absolute Gasteiger partial charge is 0.0912 e. The van der Waals surface area contributed by atoms with Crippen molar-refractivity contribution in [2.24, 2.45) is 10.6 Å². The van der Waals surface area contributed by atoms with Gasteiger partial charge in [-0.3, -0.25) is 4.98 Å². The number of aryl methyl sites for hydroxylation is 1. The van der Waals surface area contributed by atoms with E-state index in [-0.39, 0.29) is 5.41 Å². The minimum absolute atomic E-state index is 0.0618. The van der Waals surface area contributed by atoms with E-state index in [1.807, 2.05) is 6.07 Å². The first-order chi connectivity index (χ1) is 11.0. The first-order valence-corrected chi connectivity index (χ1v) is 8.17. The zero-order valence-corrected chi connectivity index (χ0v) is 13.8. The van der Waals surface area contributed by atoms with Crippen LogP contribution in [0.4, 0.5) is 0 Å². The van der Waals surface area contributed by atoms with Crippen LogP contribution in [0.1, 0.15) is 44.1 Å². The molecule has 0 amide bonds. The van der Waals surface area contributed by atoms with Crippen molar-refractivity contribution in [2.45, 2.75) is 40.0 Å². The number of oxime groups is 1. The normalized spacial score (nSPS) is 18.7. The molecule has 0 atom stereocenters. The van der Waals surface area contributed by atoms with Crippen molar-refractivity contribution in [2.75, 3.05) is 0 Å². The second-order valence-electron chi connectivity index (χ2n) is 7.22. The van der Waals surface area contributed by atoms with Crippen LogP contribution in [-0.2, 0) is 12.8 Å². The molecule has 0 spiro atoms. The highest BCUT2D eigenvalue weighted by atomic mass is 16.4. The summed E-state index contributed by atoms with van der Waals surface area (Å²) in [6, 6.07) is 8.31. The minimum atomic E-state index is 0.0618. The van der Waals surface area contributed by atoms with Crippen LogP contribution in [0.25, 0.3) is 21.8 Å².